The summed E-state index contributed by atoms with van der Waals surface area (Å²) in [7, 11) is 0. The van der Waals surface area contributed by atoms with Crippen LogP contribution in [0.1, 0.15) is 39.2 Å². The molecule has 1 aliphatic heterocycles. The fourth-order valence-corrected chi connectivity index (χ4v) is 4.33. The van der Waals surface area contributed by atoms with Crippen LogP contribution in [-0.2, 0) is 10.2 Å². The molecule has 28 heavy (non-hydrogen) atoms. The molecule has 0 bridgehead atoms. The molecule has 1 fully saturated rings. The Balaban J connectivity index is 0.00000392. The number of aliphatic imine (C=N–C) groups is 1. The second-order valence-corrected chi connectivity index (χ2v) is 8.62. The number of hydrogen-bond donors (Lipinski definition) is 3. The third-order valence-corrected chi connectivity index (χ3v) is 5.70. The quantitative estimate of drug-likeness (QED) is 0.261. The van der Waals surface area contributed by atoms with Gasteiger partial charge in [-0.15, -0.1) is 24.0 Å². The van der Waals surface area contributed by atoms with Crippen LogP contribution >= 0.6 is 47.2 Å². The van der Waals surface area contributed by atoms with Gasteiger partial charge in [0, 0.05) is 47.2 Å². The van der Waals surface area contributed by atoms with Crippen molar-refractivity contribution in [3.05, 3.63) is 33.8 Å². The van der Waals surface area contributed by atoms with Gasteiger partial charge < -0.3 is 20.5 Å². The molecule has 160 valence electrons. The smallest absolute Gasteiger partial charge is 0.191 e. The van der Waals surface area contributed by atoms with Gasteiger partial charge in [-0.25, -0.2) is 0 Å². The molecule has 0 saturated carbocycles. The van der Waals surface area contributed by atoms with Crippen molar-refractivity contribution < 1.29 is 9.84 Å². The van der Waals surface area contributed by atoms with Gasteiger partial charge in [-0.1, -0.05) is 43.1 Å². The molecule has 5 nitrogen and oxygen atoms in total. The van der Waals surface area contributed by atoms with Crippen molar-refractivity contribution in [3.8, 4) is 0 Å². The SMILES string of the molecule is CCNC(=NCC(C)(C)c1c(Cl)cccc1Cl)NCC1(CCO)CCOC1.I. The molecule has 1 aliphatic rings. The molecular weight excluding hydrogens is 512 g/mol. The first kappa shape index (κ1) is 25.8. The first-order valence-electron chi connectivity index (χ1n) is 9.49. The maximum absolute atomic E-state index is 9.39. The zero-order chi connectivity index (χ0) is 19.9. The van der Waals surface area contributed by atoms with Crippen LogP contribution < -0.4 is 10.6 Å². The Kier molecular flexibility index (Phi) is 10.8. The number of nitrogens with zero attached hydrogens (tertiary/aromatic N) is 1. The lowest BCUT2D eigenvalue weighted by Gasteiger charge is -2.29. The van der Waals surface area contributed by atoms with Gasteiger partial charge in [-0.2, -0.15) is 0 Å². The van der Waals surface area contributed by atoms with Gasteiger partial charge in [0.1, 0.15) is 0 Å². The number of aliphatic hydroxyl groups excluding tert-OH is 1. The number of ether oxygens (including phenoxy) is 1. The summed E-state index contributed by atoms with van der Waals surface area (Å²) in [5.74, 6) is 0.748. The average molecular weight is 544 g/mol. The fourth-order valence-electron chi connectivity index (χ4n) is 3.42. The third kappa shape index (κ3) is 6.90. The van der Waals surface area contributed by atoms with Crippen molar-refractivity contribution in [3.63, 3.8) is 0 Å². The maximum Gasteiger partial charge on any atom is 0.191 e. The molecule has 0 aliphatic carbocycles. The highest BCUT2D eigenvalue weighted by molar-refractivity contribution is 14.0. The molecule has 1 saturated heterocycles. The number of aliphatic hydroxyl groups is 1. The summed E-state index contributed by atoms with van der Waals surface area (Å²) in [6.07, 6.45) is 1.67. The highest BCUT2D eigenvalue weighted by Gasteiger charge is 2.34. The van der Waals surface area contributed by atoms with E-state index >= 15 is 0 Å². The fraction of sp³-hybridized carbons (Fsp3) is 0.650. The summed E-state index contributed by atoms with van der Waals surface area (Å²) in [5, 5.41) is 17.4. The average Bonchev–Trinajstić information content (AvgIpc) is 3.06. The number of hydrogen-bond acceptors (Lipinski definition) is 3. The van der Waals surface area contributed by atoms with Gasteiger partial charge in [0.05, 0.1) is 13.2 Å². The van der Waals surface area contributed by atoms with Crippen LogP contribution in [0, 0.1) is 5.41 Å². The molecule has 0 spiro atoms. The van der Waals surface area contributed by atoms with Crippen LogP contribution in [0.4, 0.5) is 0 Å². The van der Waals surface area contributed by atoms with E-state index in [1.807, 2.05) is 25.1 Å². The van der Waals surface area contributed by atoms with Crippen molar-refractivity contribution >= 4 is 53.1 Å². The Bertz CT molecular complexity index is 630. The maximum atomic E-state index is 9.39. The van der Waals surface area contributed by atoms with E-state index in [0.717, 1.165) is 37.5 Å². The van der Waals surface area contributed by atoms with Crippen LogP contribution in [0.25, 0.3) is 0 Å². The molecule has 0 amide bonds. The highest BCUT2D eigenvalue weighted by Crippen LogP contribution is 2.36. The molecular formula is C20H32Cl2IN3O2. The Morgan fingerprint density at radius 3 is 2.50 bits per heavy atom. The van der Waals surface area contributed by atoms with E-state index in [1.54, 1.807) is 0 Å². The Labute approximate surface area is 195 Å². The summed E-state index contributed by atoms with van der Waals surface area (Å²) >= 11 is 12.8. The molecule has 1 heterocycles. The van der Waals surface area contributed by atoms with E-state index in [-0.39, 0.29) is 41.4 Å². The Morgan fingerprint density at radius 2 is 1.96 bits per heavy atom. The number of nitrogens with one attached hydrogen (secondary N) is 2. The molecule has 1 aromatic carbocycles. The number of rotatable bonds is 8. The Hall–Kier alpha value is -0.280. The lowest BCUT2D eigenvalue weighted by Crippen LogP contribution is -2.45. The van der Waals surface area contributed by atoms with Crippen LogP contribution in [-0.4, -0.2) is 50.5 Å². The first-order valence-corrected chi connectivity index (χ1v) is 10.2. The predicted molar refractivity (Wildman–Crippen MR) is 128 cm³/mol. The van der Waals surface area contributed by atoms with Crippen molar-refractivity contribution in [2.75, 3.05) is 39.5 Å². The van der Waals surface area contributed by atoms with Gasteiger partial charge in [-0.3, -0.25) is 4.99 Å². The third-order valence-electron chi connectivity index (χ3n) is 5.07. The minimum Gasteiger partial charge on any atom is -0.396 e. The molecule has 8 heteroatoms. The van der Waals surface area contributed by atoms with Gasteiger partial charge in [0.25, 0.3) is 0 Å². The van der Waals surface area contributed by atoms with Crippen LogP contribution in [0.3, 0.4) is 0 Å². The summed E-state index contributed by atoms with van der Waals surface area (Å²) in [5.41, 5.74) is 0.567. The second kappa shape index (κ2) is 11.8. The minimum absolute atomic E-state index is 0. The van der Waals surface area contributed by atoms with Crippen LogP contribution in [0.15, 0.2) is 23.2 Å². The zero-order valence-corrected chi connectivity index (χ0v) is 20.7. The topological polar surface area (TPSA) is 65.9 Å². The monoisotopic (exact) mass is 543 g/mol. The summed E-state index contributed by atoms with van der Waals surface area (Å²) in [4.78, 5) is 4.77. The zero-order valence-electron chi connectivity index (χ0n) is 16.9. The summed E-state index contributed by atoms with van der Waals surface area (Å²) < 4.78 is 5.56. The van der Waals surface area contributed by atoms with E-state index in [9.17, 15) is 5.11 Å². The molecule has 3 N–H and O–H groups in total. The first-order chi connectivity index (χ1) is 12.8. The normalized spacial score (nSPS) is 20.0. The van der Waals surface area contributed by atoms with Crippen LogP contribution in [0.5, 0.6) is 0 Å². The predicted octanol–water partition coefficient (Wildman–Crippen LogP) is 4.23. The van der Waals surface area contributed by atoms with E-state index in [4.69, 9.17) is 32.9 Å². The van der Waals surface area contributed by atoms with Gasteiger partial charge >= 0.3 is 0 Å². The molecule has 1 unspecified atom stereocenters. The largest absolute Gasteiger partial charge is 0.396 e. The molecule has 0 radical (unpaired) electrons. The molecule has 0 aromatic heterocycles. The number of benzene rings is 1. The second-order valence-electron chi connectivity index (χ2n) is 7.81. The minimum atomic E-state index is -0.308. The standard InChI is InChI=1S/C20H31Cl2N3O2.HI/c1-4-23-18(25-13-20(8-10-26)9-11-27-14-20)24-12-19(2,3)17-15(21)6-5-7-16(17)22;/h5-7,26H,4,8-14H2,1-3H3,(H2,23,24,25);1H. The number of guanidine groups is 1. The Morgan fingerprint density at radius 1 is 1.29 bits per heavy atom. The van der Waals surface area contributed by atoms with Crippen molar-refractivity contribution in [2.24, 2.45) is 10.4 Å². The highest BCUT2D eigenvalue weighted by atomic mass is 127. The summed E-state index contributed by atoms with van der Waals surface area (Å²) in [6, 6.07) is 5.57. The van der Waals surface area contributed by atoms with E-state index in [1.165, 1.54) is 0 Å². The molecule has 1 aromatic rings. The lowest BCUT2D eigenvalue weighted by molar-refractivity contribution is 0.127. The van der Waals surface area contributed by atoms with E-state index in [0.29, 0.717) is 29.7 Å². The molecule has 1 atom stereocenters. The van der Waals surface area contributed by atoms with E-state index in [2.05, 4.69) is 24.5 Å². The van der Waals surface area contributed by atoms with E-state index < -0.39 is 0 Å². The van der Waals surface area contributed by atoms with Crippen molar-refractivity contribution in [2.45, 2.75) is 39.0 Å². The van der Waals surface area contributed by atoms with Crippen molar-refractivity contribution in [1.82, 2.24) is 10.6 Å². The van der Waals surface area contributed by atoms with Crippen LogP contribution in [0.2, 0.25) is 10.0 Å². The number of halogens is 3. The molecule has 2 rings (SSSR count). The van der Waals surface area contributed by atoms with Crippen molar-refractivity contribution in [1.29, 1.82) is 0 Å². The van der Waals surface area contributed by atoms with Gasteiger partial charge in [0.2, 0.25) is 0 Å². The summed E-state index contributed by atoms with van der Waals surface area (Å²) in [6.45, 7) is 9.81. The lowest BCUT2D eigenvalue weighted by atomic mass is 9.84. The van der Waals surface area contributed by atoms with Gasteiger partial charge in [-0.05, 0) is 37.5 Å². The van der Waals surface area contributed by atoms with Gasteiger partial charge in [0.15, 0.2) is 5.96 Å².